The van der Waals surface area contributed by atoms with Gasteiger partial charge in [0.2, 0.25) is 5.91 Å². The second-order valence-corrected chi connectivity index (χ2v) is 7.58. The molecule has 0 saturated heterocycles. The standard InChI is InChI=1S/C21H25N3O3/c1-27-21(26)15-7-5-14(6-8-15)20(25)23-18-4-2-3-16(11-18)17-12-22-24(13-17)19-9-10-19/h2-4,11-15,19H,5-10H2,1H3,(H,23,25). The number of hydrogen-bond acceptors (Lipinski definition) is 4. The average Bonchev–Trinajstić information content (AvgIpc) is 3.44. The van der Waals surface area contributed by atoms with Crippen LogP contribution in [-0.4, -0.2) is 28.8 Å². The molecule has 0 aliphatic heterocycles. The van der Waals surface area contributed by atoms with E-state index >= 15 is 0 Å². The van der Waals surface area contributed by atoms with E-state index in [-0.39, 0.29) is 23.7 Å². The summed E-state index contributed by atoms with van der Waals surface area (Å²) in [5.74, 6) is -0.241. The van der Waals surface area contributed by atoms with Crippen LogP contribution in [0.4, 0.5) is 5.69 Å². The number of hydrogen-bond donors (Lipinski definition) is 1. The Hall–Kier alpha value is -2.63. The van der Waals surface area contributed by atoms with E-state index in [1.165, 1.54) is 20.0 Å². The van der Waals surface area contributed by atoms with Gasteiger partial charge in [-0.2, -0.15) is 5.10 Å². The number of esters is 1. The molecule has 2 saturated carbocycles. The smallest absolute Gasteiger partial charge is 0.308 e. The van der Waals surface area contributed by atoms with E-state index in [1.807, 2.05) is 35.1 Å². The summed E-state index contributed by atoms with van der Waals surface area (Å²) >= 11 is 0. The average molecular weight is 367 g/mol. The van der Waals surface area contributed by atoms with Gasteiger partial charge in [0.05, 0.1) is 25.3 Å². The Balaban J connectivity index is 1.38. The summed E-state index contributed by atoms with van der Waals surface area (Å²) in [6, 6.07) is 8.44. The number of anilines is 1. The first-order valence-electron chi connectivity index (χ1n) is 9.67. The Bertz CT molecular complexity index is 833. The van der Waals surface area contributed by atoms with E-state index in [9.17, 15) is 9.59 Å². The van der Waals surface area contributed by atoms with Gasteiger partial charge in [0.25, 0.3) is 0 Å². The van der Waals surface area contributed by atoms with Gasteiger partial charge < -0.3 is 10.1 Å². The highest BCUT2D eigenvalue weighted by Gasteiger charge is 2.30. The third kappa shape index (κ3) is 4.04. The molecule has 0 bridgehead atoms. The minimum atomic E-state index is -0.159. The van der Waals surface area contributed by atoms with Crippen LogP contribution >= 0.6 is 0 Å². The first-order valence-corrected chi connectivity index (χ1v) is 9.67. The van der Waals surface area contributed by atoms with Gasteiger partial charge in [-0.25, -0.2) is 0 Å². The van der Waals surface area contributed by atoms with Gasteiger partial charge in [-0.1, -0.05) is 12.1 Å². The summed E-state index contributed by atoms with van der Waals surface area (Å²) < 4.78 is 6.84. The Morgan fingerprint density at radius 3 is 2.52 bits per heavy atom. The van der Waals surface area contributed by atoms with Gasteiger partial charge >= 0.3 is 5.97 Å². The topological polar surface area (TPSA) is 73.2 Å². The van der Waals surface area contributed by atoms with Gasteiger partial charge in [0, 0.05) is 23.4 Å². The highest BCUT2D eigenvalue weighted by molar-refractivity contribution is 5.93. The van der Waals surface area contributed by atoms with Crippen LogP contribution < -0.4 is 5.32 Å². The minimum absolute atomic E-state index is 0.0316. The minimum Gasteiger partial charge on any atom is -0.469 e. The lowest BCUT2D eigenvalue weighted by Gasteiger charge is -2.26. The zero-order valence-corrected chi connectivity index (χ0v) is 15.6. The fourth-order valence-corrected chi connectivity index (χ4v) is 3.80. The molecule has 6 nitrogen and oxygen atoms in total. The van der Waals surface area contributed by atoms with Crippen LogP contribution in [-0.2, 0) is 14.3 Å². The fourth-order valence-electron chi connectivity index (χ4n) is 3.80. The molecule has 2 aliphatic carbocycles. The van der Waals surface area contributed by atoms with Gasteiger partial charge in [-0.3, -0.25) is 14.3 Å². The predicted octanol–water partition coefficient (Wildman–Crippen LogP) is 3.80. The van der Waals surface area contributed by atoms with Crippen molar-refractivity contribution in [2.45, 2.75) is 44.6 Å². The monoisotopic (exact) mass is 367 g/mol. The highest BCUT2D eigenvalue weighted by atomic mass is 16.5. The number of carbonyl (C=O) groups excluding carboxylic acids is 2. The maximum Gasteiger partial charge on any atom is 0.308 e. The van der Waals surface area contributed by atoms with Gasteiger partial charge in [-0.15, -0.1) is 0 Å². The predicted molar refractivity (Wildman–Crippen MR) is 102 cm³/mol. The highest BCUT2D eigenvalue weighted by Crippen LogP contribution is 2.35. The van der Waals surface area contributed by atoms with Crippen molar-refractivity contribution in [2.24, 2.45) is 11.8 Å². The Morgan fingerprint density at radius 1 is 1.07 bits per heavy atom. The number of benzene rings is 1. The van der Waals surface area contributed by atoms with Crippen LogP contribution in [0.5, 0.6) is 0 Å². The van der Waals surface area contributed by atoms with Crippen LogP contribution in [0.1, 0.15) is 44.6 Å². The van der Waals surface area contributed by atoms with Crippen molar-refractivity contribution in [1.29, 1.82) is 0 Å². The van der Waals surface area contributed by atoms with Gasteiger partial charge in [0.15, 0.2) is 0 Å². The van der Waals surface area contributed by atoms with Crippen LogP contribution in [0.15, 0.2) is 36.7 Å². The van der Waals surface area contributed by atoms with E-state index in [0.29, 0.717) is 18.9 Å². The molecule has 1 aromatic carbocycles. The van der Waals surface area contributed by atoms with E-state index in [4.69, 9.17) is 4.74 Å². The van der Waals surface area contributed by atoms with Crippen molar-refractivity contribution in [3.63, 3.8) is 0 Å². The van der Waals surface area contributed by atoms with Crippen molar-refractivity contribution in [1.82, 2.24) is 9.78 Å². The number of amides is 1. The molecule has 0 spiro atoms. The van der Waals surface area contributed by atoms with Crippen LogP contribution in [0.25, 0.3) is 11.1 Å². The zero-order valence-electron chi connectivity index (χ0n) is 15.6. The number of rotatable bonds is 5. The van der Waals surface area contributed by atoms with E-state index in [1.54, 1.807) is 0 Å². The third-order valence-corrected chi connectivity index (χ3v) is 5.62. The molecule has 1 N–H and O–H groups in total. The molecule has 2 aliphatic rings. The SMILES string of the molecule is COC(=O)C1CCC(C(=O)Nc2cccc(-c3cnn(C4CC4)c3)c2)CC1. The van der Waals surface area contributed by atoms with Gasteiger partial charge in [0.1, 0.15) is 0 Å². The summed E-state index contributed by atoms with van der Waals surface area (Å²) in [6.07, 6.45) is 9.24. The third-order valence-electron chi connectivity index (χ3n) is 5.62. The van der Waals surface area contributed by atoms with Crippen molar-refractivity contribution < 1.29 is 14.3 Å². The Morgan fingerprint density at radius 2 is 1.81 bits per heavy atom. The molecule has 6 heteroatoms. The summed E-state index contributed by atoms with van der Waals surface area (Å²) in [5.41, 5.74) is 2.91. The maximum atomic E-state index is 12.6. The molecule has 0 atom stereocenters. The summed E-state index contributed by atoms with van der Waals surface area (Å²) in [4.78, 5) is 24.2. The van der Waals surface area contributed by atoms with E-state index in [0.717, 1.165) is 29.7 Å². The van der Waals surface area contributed by atoms with E-state index < -0.39 is 0 Å². The second kappa shape index (κ2) is 7.55. The molecule has 1 amide bonds. The fraction of sp³-hybridized carbons (Fsp3) is 0.476. The number of nitrogens with one attached hydrogen (secondary N) is 1. The normalized spacial score (nSPS) is 22.3. The van der Waals surface area contributed by atoms with Crippen LogP contribution in [0.2, 0.25) is 0 Å². The van der Waals surface area contributed by atoms with Crippen molar-refractivity contribution >= 4 is 17.6 Å². The molecule has 1 heterocycles. The first-order chi connectivity index (χ1) is 13.1. The molecule has 0 unspecified atom stereocenters. The Labute approximate surface area is 158 Å². The van der Waals surface area contributed by atoms with E-state index in [2.05, 4.69) is 16.6 Å². The second-order valence-electron chi connectivity index (χ2n) is 7.58. The lowest BCUT2D eigenvalue weighted by molar-refractivity contribution is -0.147. The molecule has 142 valence electrons. The molecular weight excluding hydrogens is 342 g/mol. The van der Waals surface area contributed by atoms with Gasteiger partial charge in [-0.05, 0) is 56.2 Å². The molecule has 2 fully saturated rings. The van der Waals surface area contributed by atoms with Crippen LogP contribution in [0, 0.1) is 11.8 Å². The summed E-state index contributed by atoms with van der Waals surface area (Å²) in [5, 5.41) is 7.48. The van der Waals surface area contributed by atoms with Crippen LogP contribution in [0.3, 0.4) is 0 Å². The number of carbonyl (C=O) groups is 2. The molecule has 2 aromatic rings. The first kappa shape index (κ1) is 17.8. The number of aromatic nitrogens is 2. The molecule has 4 rings (SSSR count). The quantitative estimate of drug-likeness (QED) is 0.816. The molecular formula is C21H25N3O3. The lowest BCUT2D eigenvalue weighted by Crippen LogP contribution is -2.30. The number of ether oxygens (including phenoxy) is 1. The Kier molecular flexibility index (Phi) is 4.97. The van der Waals surface area contributed by atoms with Crippen molar-refractivity contribution in [3.05, 3.63) is 36.7 Å². The lowest BCUT2D eigenvalue weighted by atomic mass is 9.81. The maximum absolute atomic E-state index is 12.6. The van der Waals surface area contributed by atoms with Crippen molar-refractivity contribution in [2.75, 3.05) is 12.4 Å². The zero-order chi connectivity index (χ0) is 18.8. The summed E-state index contributed by atoms with van der Waals surface area (Å²) in [7, 11) is 1.42. The number of methoxy groups -OCH3 is 1. The largest absolute Gasteiger partial charge is 0.469 e. The molecule has 1 aromatic heterocycles. The molecule has 27 heavy (non-hydrogen) atoms. The number of nitrogens with zero attached hydrogens (tertiary/aromatic N) is 2. The summed E-state index contributed by atoms with van der Waals surface area (Å²) in [6.45, 7) is 0. The molecule has 0 radical (unpaired) electrons. The van der Waals surface area contributed by atoms with Crippen molar-refractivity contribution in [3.8, 4) is 11.1 Å².